The molecule has 1 heterocycles. The van der Waals surface area contributed by atoms with Crippen molar-refractivity contribution >= 4 is 21.9 Å². The molecular formula is C20H18F2N2O5S. The number of methoxy groups -OCH3 is 1. The second kappa shape index (κ2) is 8.62. The quantitative estimate of drug-likeness (QED) is 0.650. The van der Waals surface area contributed by atoms with Crippen molar-refractivity contribution in [2.45, 2.75) is 20.1 Å². The van der Waals surface area contributed by atoms with Crippen LogP contribution in [0, 0.1) is 11.6 Å². The number of esters is 1. The Hall–Kier alpha value is -3.27. The average Bonchev–Trinajstić information content (AvgIpc) is 2.69. The molecule has 0 N–H and O–H groups in total. The SMILES string of the molecule is COc1ccc(CN2C=C(C(=O)OCc3ccc(F)cc3F)C(C)=NS2(=O)=O)cc1. The molecule has 0 spiro atoms. The molecule has 0 atom stereocenters. The van der Waals surface area contributed by atoms with E-state index in [4.69, 9.17) is 9.47 Å². The van der Waals surface area contributed by atoms with Crippen LogP contribution in [-0.4, -0.2) is 31.5 Å². The van der Waals surface area contributed by atoms with Crippen molar-refractivity contribution in [1.82, 2.24) is 4.31 Å². The van der Waals surface area contributed by atoms with Crippen LogP contribution in [0.2, 0.25) is 0 Å². The Morgan fingerprint density at radius 2 is 1.83 bits per heavy atom. The summed E-state index contributed by atoms with van der Waals surface area (Å²) in [5.41, 5.74) is 0.497. The highest BCUT2D eigenvalue weighted by molar-refractivity contribution is 7.88. The summed E-state index contributed by atoms with van der Waals surface area (Å²) in [6.07, 6.45) is 1.13. The molecule has 0 radical (unpaired) electrons. The average molecular weight is 436 g/mol. The Balaban J connectivity index is 1.77. The summed E-state index contributed by atoms with van der Waals surface area (Å²) in [5.74, 6) is -1.87. The van der Waals surface area contributed by atoms with Gasteiger partial charge in [-0.25, -0.2) is 13.6 Å². The predicted molar refractivity (Wildman–Crippen MR) is 105 cm³/mol. The molecule has 0 bridgehead atoms. The normalized spacial score (nSPS) is 15.3. The summed E-state index contributed by atoms with van der Waals surface area (Å²) in [5, 5.41) is 0. The van der Waals surface area contributed by atoms with Gasteiger partial charge in [0.15, 0.2) is 0 Å². The lowest BCUT2D eigenvalue weighted by atomic mass is 10.2. The summed E-state index contributed by atoms with van der Waals surface area (Å²) < 4.78 is 66.1. The minimum atomic E-state index is -4.03. The fourth-order valence-electron chi connectivity index (χ4n) is 2.68. The highest BCUT2D eigenvalue weighted by Crippen LogP contribution is 2.22. The minimum absolute atomic E-state index is 0.0153. The summed E-state index contributed by atoms with van der Waals surface area (Å²) in [6.45, 7) is 0.848. The zero-order valence-electron chi connectivity index (χ0n) is 16.1. The lowest BCUT2D eigenvalue weighted by Crippen LogP contribution is -2.31. The van der Waals surface area contributed by atoms with Gasteiger partial charge in [0.05, 0.1) is 24.9 Å². The Bertz CT molecular complexity index is 1130. The smallest absolute Gasteiger partial charge is 0.344 e. The first kappa shape index (κ1) is 21.4. The molecule has 2 aromatic carbocycles. The number of benzene rings is 2. The Morgan fingerprint density at radius 1 is 1.13 bits per heavy atom. The number of rotatable bonds is 6. The van der Waals surface area contributed by atoms with Crippen molar-refractivity contribution in [2.75, 3.05) is 7.11 Å². The van der Waals surface area contributed by atoms with Crippen LogP contribution in [-0.2, 0) is 32.9 Å². The number of hydrogen-bond acceptors (Lipinski definition) is 5. The van der Waals surface area contributed by atoms with Gasteiger partial charge in [-0.2, -0.15) is 8.42 Å². The monoisotopic (exact) mass is 436 g/mol. The van der Waals surface area contributed by atoms with Crippen LogP contribution in [0.25, 0.3) is 0 Å². The van der Waals surface area contributed by atoms with Crippen LogP contribution in [0.3, 0.4) is 0 Å². The van der Waals surface area contributed by atoms with Crippen molar-refractivity contribution in [1.29, 1.82) is 0 Å². The Kier molecular flexibility index (Phi) is 6.16. The maximum atomic E-state index is 13.7. The lowest BCUT2D eigenvalue weighted by Gasteiger charge is -2.23. The molecule has 0 fully saturated rings. The molecule has 2 aromatic rings. The summed E-state index contributed by atoms with van der Waals surface area (Å²) >= 11 is 0. The highest BCUT2D eigenvalue weighted by Gasteiger charge is 2.29. The van der Waals surface area contributed by atoms with Crippen LogP contribution >= 0.6 is 0 Å². The first-order chi connectivity index (χ1) is 14.2. The predicted octanol–water partition coefficient (Wildman–Crippen LogP) is 3.12. The van der Waals surface area contributed by atoms with Gasteiger partial charge in [0.25, 0.3) is 0 Å². The molecule has 1 aliphatic heterocycles. The number of halogens is 2. The molecular weight excluding hydrogens is 418 g/mol. The number of ether oxygens (including phenoxy) is 2. The second-order valence-corrected chi connectivity index (χ2v) is 7.95. The number of carbonyl (C=O) groups excluding carboxylic acids is 1. The van der Waals surface area contributed by atoms with E-state index in [9.17, 15) is 22.0 Å². The third-order valence-electron chi connectivity index (χ3n) is 4.30. The summed E-state index contributed by atoms with van der Waals surface area (Å²) in [7, 11) is -2.51. The molecule has 1 aliphatic rings. The van der Waals surface area contributed by atoms with Crippen LogP contribution in [0.4, 0.5) is 8.78 Å². The van der Waals surface area contributed by atoms with Crippen molar-refractivity contribution in [3.63, 3.8) is 0 Å². The first-order valence-electron chi connectivity index (χ1n) is 8.74. The molecule has 7 nitrogen and oxygen atoms in total. The second-order valence-electron chi connectivity index (χ2n) is 6.40. The van der Waals surface area contributed by atoms with E-state index in [1.165, 1.54) is 14.0 Å². The largest absolute Gasteiger partial charge is 0.497 e. The third-order valence-corrected chi connectivity index (χ3v) is 5.63. The van der Waals surface area contributed by atoms with E-state index in [1.807, 2.05) is 0 Å². The molecule has 30 heavy (non-hydrogen) atoms. The fraction of sp³-hybridized carbons (Fsp3) is 0.200. The standard InChI is InChI=1S/C20H18F2N2O5S/c1-13-18(20(25)29-12-15-5-6-16(21)9-19(15)22)11-24(30(26,27)23-13)10-14-3-7-17(28-2)8-4-14/h3-9,11H,10,12H2,1-2H3. The molecule has 0 aromatic heterocycles. The molecule has 0 saturated heterocycles. The molecule has 0 aliphatic carbocycles. The van der Waals surface area contributed by atoms with E-state index in [-0.39, 0.29) is 23.4 Å². The molecule has 158 valence electrons. The van der Waals surface area contributed by atoms with Gasteiger partial charge in [-0.1, -0.05) is 12.1 Å². The van der Waals surface area contributed by atoms with Crippen LogP contribution < -0.4 is 4.74 Å². The van der Waals surface area contributed by atoms with E-state index >= 15 is 0 Å². The Labute approximate surface area is 172 Å². The van der Waals surface area contributed by atoms with Gasteiger partial charge in [-0.3, -0.25) is 4.31 Å². The van der Waals surface area contributed by atoms with Gasteiger partial charge in [-0.15, -0.1) is 4.40 Å². The van der Waals surface area contributed by atoms with Gasteiger partial charge in [0, 0.05) is 17.8 Å². The van der Waals surface area contributed by atoms with Crippen LogP contribution in [0.15, 0.2) is 58.6 Å². The zero-order chi connectivity index (χ0) is 21.9. The van der Waals surface area contributed by atoms with Crippen LogP contribution in [0.5, 0.6) is 5.75 Å². The van der Waals surface area contributed by atoms with Gasteiger partial charge < -0.3 is 9.47 Å². The van der Waals surface area contributed by atoms with Gasteiger partial charge >= 0.3 is 16.2 Å². The topological polar surface area (TPSA) is 85.3 Å². The lowest BCUT2D eigenvalue weighted by molar-refractivity contribution is -0.139. The molecule has 0 unspecified atom stereocenters. The maximum Gasteiger partial charge on any atom is 0.344 e. The van der Waals surface area contributed by atoms with Crippen molar-refractivity contribution in [3.8, 4) is 5.75 Å². The molecule has 10 heteroatoms. The summed E-state index contributed by atoms with van der Waals surface area (Å²) in [6, 6.07) is 9.61. The van der Waals surface area contributed by atoms with Gasteiger partial charge in [0.1, 0.15) is 24.0 Å². The number of hydrogen-bond donors (Lipinski definition) is 0. The van der Waals surface area contributed by atoms with Crippen molar-refractivity contribution in [2.24, 2.45) is 4.40 Å². The molecule has 0 saturated carbocycles. The number of nitrogens with zero attached hydrogens (tertiary/aromatic N) is 2. The van der Waals surface area contributed by atoms with Crippen molar-refractivity contribution < 1.29 is 31.5 Å². The molecule has 3 rings (SSSR count). The fourth-order valence-corrected chi connectivity index (χ4v) is 3.78. The zero-order valence-corrected chi connectivity index (χ0v) is 16.9. The van der Waals surface area contributed by atoms with E-state index in [0.29, 0.717) is 17.4 Å². The molecule has 0 amide bonds. The van der Waals surface area contributed by atoms with Gasteiger partial charge in [-0.05, 0) is 36.8 Å². The summed E-state index contributed by atoms with van der Waals surface area (Å²) in [4.78, 5) is 12.4. The van der Waals surface area contributed by atoms with E-state index in [1.54, 1.807) is 24.3 Å². The van der Waals surface area contributed by atoms with E-state index in [2.05, 4.69) is 4.40 Å². The van der Waals surface area contributed by atoms with E-state index in [0.717, 1.165) is 22.6 Å². The van der Waals surface area contributed by atoms with Crippen molar-refractivity contribution in [3.05, 3.63) is 77.0 Å². The third kappa shape index (κ3) is 4.82. The van der Waals surface area contributed by atoms with Crippen LogP contribution in [0.1, 0.15) is 18.1 Å². The highest BCUT2D eigenvalue weighted by atomic mass is 32.2. The van der Waals surface area contributed by atoms with E-state index < -0.39 is 34.4 Å². The number of carbonyl (C=O) groups is 1. The maximum absolute atomic E-state index is 13.7. The minimum Gasteiger partial charge on any atom is -0.497 e. The van der Waals surface area contributed by atoms with Gasteiger partial charge in [0.2, 0.25) is 0 Å². The Morgan fingerprint density at radius 3 is 2.47 bits per heavy atom. The first-order valence-corrected chi connectivity index (χ1v) is 10.1.